The predicted octanol–water partition coefficient (Wildman–Crippen LogP) is 4.00. The Bertz CT molecular complexity index is 1060. The second-order valence-corrected chi connectivity index (χ2v) is 7.98. The molecule has 0 saturated carbocycles. The largest absolute Gasteiger partial charge is 0.497 e. The fraction of sp³-hybridized carbons (Fsp3) is 0.250. The molecule has 0 atom stereocenters. The molecule has 29 heavy (non-hydrogen) atoms. The van der Waals surface area contributed by atoms with Crippen LogP contribution in [0.3, 0.4) is 0 Å². The monoisotopic (exact) mass is 422 g/mol. The summed E-state index contributed by atoms with van der Waals surface area (Å²) < 4.78 is 59.9. The Morgan fingerprint density at radius 3 is 2.28 bits per heavy atom. The number of aromatic nitrogens is 2. The van der Waals surface area contributed by atoms with Crippen molar-refractivity contribution in [1.82, 2.24) is 9.78 Å². The van der Waals surface area contributed by atoms with Crippen molar-refractivity contribution in [3.05, 3.63) is 65.9 Å². The lowest BCUT2D eigenvalue weighted by molar-refractivity contribution is 0.145. The van der Waals surface area contributed by atoms with E-state index in [1.807, 2.05) is 0 Å². The SMILES string of the molecule is COc1ccc(-n2nc(C(F)F)cc2-c2ccc(CCOS(C)(=O)=O)cc2)cc1. The fourth-order valence-corrected chi connectivity index (χ4v) is 3.17. The molecule has 0 spiro atoms. The van der Waals surface area contributed by atoms with E-state index in [0.717, 1.165) is 11.8 Å². The summed E-state index contributed by atoms with van der Waals surface area (Å²) in [6.45, 7) is 0.0392. The van der Waals surface area contributed by atoms with Crippen LogP contribution in [0.4, 0.5) is 8.78 Å². The van der Waals surface area contributed by atoms with Crippen LogP contribution in [-0.4, -0.2) is 38.2 Å². The van der Waals surface area contributed by atoms with Crippen molar-refractivity contribution in [3.8, 4) is 22.7 Å². The highest BCUT2D eigenvalue weighted by molar-refractivity contribution is 7.85. The molecule has 0 aliphatic rings. The second-order valence-electron chi connectivity index (χ2n) is 6.34. The van der Waals surface area contributed by atoms with Crippen LogP contribution in [0.25, 0.3) is 16.9 Å². The molecule has 0 fully saturated rings. The molecule has 0 radical (unpaired) electrons. The van der Waals surface area contributed by atoms with Crippen LogP contribution in [0.5, 0.6) is 5.75 Å². The highest BCUT2D eigenvalue weighted by Gasteiger charge is 2.18. The van der Waals surface area contributed by atoms with Crippen molar-refractivity contribution in [1.29, 1.82) is 0 Å². The van der Waals surface area contributed by atoms with Gasteiger partial charge < -0.3 is 4.74 Å². The van der Waals surface area contributed by atoms with E-state index >= 15 is 0 Å². The Morgan fingerprint density at radius 1 is 1.07 bits per heavy atom. The molecule has 0 unspecified atom stereocenters. The van der Waals surface area contributed by atoms with E-state index in [2.05, 4.69) is 5.10 Å². The van der Waals surface area contributed by atoms with E-state index in [0.29, 0.717) is 29.1 Å². The molecule has 0 aliphatic heterocycles. The summed E-state index contributed by atoms with van der Waals surface area (Å²) in [7, 11) is -1.94. The van der Waals surface area contributed by atoms with Gasteiger partial charge in [-0.2, -0.15) is 13.5 Å². The zero-order valence-electron chi connectivity index (χ0n) is 15.9. The third kappa shape index (κ3) is 5.39. The summed E-state index contributed by atoms with van der Waals surface area (Å²) in [6.07, 6.45) is -1.29. The minimum absolute atomic E-state index is 0.0392. The van der Waals surface area contributed by atoms with Crippen LogP contribution in [0.15, 0.2) is 54.6 Å². The van der Waals surface area contributed by atoms with Gasteiger partial charge in [-0.3, -0.25) is 4.18 Å². The third-order valence-corrected chi connectivity index (χ3v) is 4.80. The number of hydrogen-bond donors (Lipinski definition) is 0. The number of nitrogens with zero attached hydrogens (tertiary/aromatic N) is 2. The number of alkyl halides is 2. The van der Waals surface area contributed by atoms with Crippen LogP contribution in [0, 0.1) is 0 Å². The first-order chi connectivity index (χ1) is 13.8. The van der Waals surface area contributed by atoms with E-state index in [-0.39, 0.29) is 12.3 Å². The van der Waals surface area contributed by atoms with Gasteiger partial charge in [0.25, 0.3) is 16.5 Å². The molecule has 3 aromatic rings. The fourth-order valence-electron chi connectivity index (χ4n) is 2.78. The topological polar surface area (TPSA) is 70.4 Å². The Balaban J connectivity index is 1.88. The molecular formula is C20H20F2N2O4S. The number of benzene rings is 2. The Hall–Kier alpha value is -2.78. The molecule has 2 aromatic carbocycles. The summed E-state index contributed by atoms with van der Waals surface area (Å²) >= 11 is 0. The maximum atomic E-state index is 13.3. The molecule has 1 aromatic heterocycles. The van der Waals surface area contributed by atoms with Gasteiger partial charge in [0, 0.05) is 5.56 Å². The molecule has 3 rings (SSSR count). The number of ether oxygens (including phenoxy) is 1. The van der Waals surface area contributed by atoms with Crippen LogP contribution in [0.2, 0.25) is 0 Å². The Kier molecular flexibility index (Phi) is 6.29. The summed E-state index contributed by atoms with van der Waals surface area (Å²) in [4.78, 5) is 0. The maximum Gasteiger partial charge on any atom is 0.282 e. The van der Waals surface area contributed by atoms with Gasteiger partial charge >= 0.3 is 0 Å². The van der Waals surface area contributed by atoms with Crippen molar-refractivity contribution in [2.24, 2.45) is 0 Å². The Morgan fingerprint density at radius 2 is 1.72 bits per heavy atom. The molecule has 0 amide bonds. The first-order valence-electron chi connectivity index (χ1n) is 8.73. The normalized spacial score (nSPS) is 11.8. The lowest BCUT2D eigenvalue weighted by Crippen LogP contribution is -2.06. The number of methoxy groups -OCH3 is 1. The molecule has 0 N–H and O–H groups in total. The number of halogens is 2. The van der Waals surface area contributed by atoms with E-state index in [9.17, 15) is 17.2 Å². The van der Waals surface area contributed by atoms with E-state index in [4.69, 9.17) is 8.92 Å². The van der Waals surface area contributed by atoms with Crippen molar-refractivity contribution >= 4 is 10.1 Å². The van der Waals surface area contributed by atoms with Gasteiger partial charge in [-0.25, -0.2) is 13.5 Å². The average Bonchev–Trinajstić information content (AvgIpc) is 3.13. The van der Waals surface area contributed by atoms with E-state index in [1.54, 1.807) is 55.6 Å². The quantitative estimate of drug-likeness (QED) is 0.513. The second kappa shape index (κ2) is 8.71. The lowest BCUT2D eigenvalue weighted by Gasteiger charge is -2.09. The van der Waals surface area contributed by atoms with E-state index < -0.39 is 16.5 Å². The van der Waals surface area contributed by atoms with Gasteiger partial charge in [0.15, 0.2) is 0 Å². The molecule has 1 heterocycles. The number of hydrogen-bond acceptors (Lipinski definition) is 5. The van der Waals surface area contributed by atoms with Crippen molar-refractivity contribution in [2.45, 2.75) is 12.8 Å². The van der Waals surface area contributed by atoms with E-state index in [1.165, 1.54) is 10.7 Å². The zero-order chi connectivity index (χ0) is 21.0. The molecule has 0 bridgehead atoms. The summed E-state index contributed by atoms with van der Waals surface area (Å²) in [5.74, 6) is 0.650. The summed E-state index contributed by atoms with van der Waals surface area (Å²) in [5.41, 5.74) is 2.39. The molecule has 6 nitrogen and oxygen atoms in total. The summed E-state index contributed by atoms with van der Waals surface area (Å²) in [5, 5.41) is 4.05. The van der Waals surface area contributed by atoms with Gasteiger partial charge in [0.05, 0.1) is 31.4 Å². The van der Waals surface area contributed by atoms with Crippen molar-refractivity contribution < 1.29 is 26.1 Å². The minimum atomic E-state index is -3.48. The van der Waals surface area contributed by atoms with Crippen LogP contribution < -0.4 is 4.74 Å². The molecule has 0 aliphatic carbocycles. The zero-order valence-corrected chi connectivity index (χ0v) is 16.7. The van der Waals surface area contributed by atoms with Gasteiger partial charge in [-0.1, -0.05) is 24.3 Å². The lowest BCUT2D eigenvalue weighted by atomic mass is 10.1. The maximum absolute atomic E-state index is 13.3. The highest BCUT2D eigenvalue weighted by Crippen LogP contribution is 2.29. The molecule has 0 saturated heterocycles. The first kappa shape index (κ1) is 20.9. The van der Waals surface area contributed by atoms with Crippen LogP contribution >= 0.6 is 0 Å². The molecular weight excluding hydrogens is 402 g/mol. The predicted molar refractivity (Wildman–Crippen MR) is 105 cm³/mol. The summed E-state index contributed by atoms with van der Waals surface area (Å²) in [6, 6.07) is 15.5. The molecule has 9 heteroatoms. The van der Waals surface area contributed by atoms with Gasteiger partial charge in [-0.15, -0.1) is 0 Å². The van der Waals surface area contributed by atoms with Crippen molar-refractivity contribution in [2.75, 3.05) is 20.0 Å². The smallest absolute Gasteiger partial charge is 0.282 e. The van der Waals surface area contributed by atoms with Crippen LogP contribution in [0.1, 0.15) is 17.7 Å². The van der Waals surface area contributed by atoms with Gasteiger partial charge in [0.2, 0.25) is 0 Å². The Labute approximate surface area is 167 Å². The third-order valence-electron chi connectivity index (χ3n) is 4.21. The highest BCUT2D eigenvalue weighted by atomic mass is 32.2. The van der Waals surface area contributed by atoms with Gasteiger partial charge in [0.1, 0.15) is 11.4 Å². The van der Waals surface area contributed by atoms with Crippen molar-refractivity contribution in [3.63, 3.8) is 0 Å². The minimum Gasteiger partial charge on any atom is -0.497 e. The molecule has 154 valence electrons. The first-order valence-corrected chi connectivity index (χ1v) is 10.5. The number of rotatable bonds is 8. The standard InChI is InChI=1S/C20H20F2N2O4S/c1-27-17-9-7-16(8-10-17)24-19(13-18(23-24)20(21)22)15-5-3-14(4-6-15)11-12-28-29(2,25)26/h3-10,13,20H,11-12H2,1-2H3. The van der Waals surface area contributed by atoms with Crippen LogP contribution in [-0.2, 0) is 20.7 Å². The van der Waals surface area contributed by atoms with Gasteiger partial charge in [-0.05, 0) is 42.3 Å². The average molecular weight is 422 g/mol.